The Morgan fingerprint density at radius 2 is 1.73 bits per heavy atom. The van der Waals surface area contributed by atoms with Crippen LogP contribution in [0.25, 0.3) is 0 Å². The van der Waals surface area contributed by atoms with E-state index in [-0.39, 0.29) is 42.1 Å². The molecule has 0 fully saturated rings. The number of nitrogens with zero attached hydrogens (tertiary/aromatic N) is 3. The van der Waals surface area contributed by atoms with E-state index in [4.69, 9.17) is 5.73 Å². The van der Waals surface area contributed by atoms with Crippen molar-refractivity contribution in [3.63, 3.8) is 0 Å². The van der Waals surface area contributed by atoms with Crippen LogP contribution in [0.2, 0.25) is 0 Å². The number of Topliss-reactive ketones (excluding diaryl/α,β-unsaturated/α-hetero) is 2. The SMILES string of the molecule is CN(C)C(=O)CNc1cc(N(C)C)c2c(c1O)C(=O)C1=C(O)[C@]3(O)C(=O)C(C(N)=O)=C(O)[C@@H](N(C)C)[C@@H]3C[C@@H]1C2. The molecule has 0 aliphatic heterocycles. The summed E-state index contributed by atoms with van der Waals surface area (Å²) in [6, 6.07) is 0.561. The number of benzene rings is 1. The third-order valence-corrected chi connectivity index (χ3v) is 8.11. The Kier molecular flexibility index (Phi) is 7.10. The molecular weight excluding hydrogens is 522 g/mol. The van der Waals surface area contributed by atoms with E-state index in [1.54, 1.807) is 53.3 Å². The summed E-state index contributed by atoms with van der Waals surface area (Å²) >= 11 is 0. The maximum Gasteiger partial charge on any atom is 0.255 e. The highest BCUT2D eigenvalue weighted by atomic mass is 16.3. The number of hydrogen-bond acceptors (Lipinski definition) is 11. The fraction of sp³-hybridized carbons (Fsp3) is 0.481. The van der Waals surface area contributed by atoms with Gasteiger partial charge in [0.05, 0.1) is 23.8 Å². The molecule has 13 nitrogen and oxygen atoms in total. The molecule has 0 unspecified atom stereocenters. The molecule has 3 aliphatic carbocycles. The number of aliphatic hydroxyl groups excluding tert-OH is 2. The summed E-state index contributed by atoms with van der Waals surface area (Å²) in [5.41, 5.74) is 2.61. The van der Waals surface area contributed by atoms with Crippen LogP contribution in [0, 0.1) is 11.8 Å². The number of allylic oxidation sites excluding steroid dienone is 1. The van der Waals surface area contributed by atoms with Gasteiger partial charge in [-0.25, -0.2) is 0 Å². The van der Waals surface area contributed by atoms with Crippen molar-refractivity contribution in [2.75, 3.05) is 59.0 Å². The van der Waals surface area contributed by atoms with Crippen LogP contribution >= 0.6 is 0 Å². The normalized spacial score (nSPS) is 25.9. The van der Waals surface area contributed by atoms with Crippen molar-refractivity contribution in [1.29, 1.82) is 0 Å². The van der Waals surface area contributed by atoms with Gasteiger partial charge in [-0.3, -0.25) is 24.1 Å². The number of phenols is 1. The van der Waals surface area contributed by atoms with E-state index in [1.165, 1.54) is 9.80 Å². The van der Waals surface area contributed by atoms with Gasteiger partial charge in [-0.15, -0.1) is 0 Å². The van der Waals surface area contributed by atoms with Gasteiger partial charge in [-0.1, -0.05) is 0 Å². The Balaban J connectivity index is 1.92. The van der Waals surface area contributed by atoms with E-state index in [0.29, 0.717) is 11.3 Å². The molecule has 4 atom stereocenters. The van der Waals surface area contributed by atoms with Crippen molar-refractivity contribution in [1.82, 2.24) is 9.80 Å². The molecule has 0 saturated carbocycles. The smallest absolute Gasteiger partial charge is 0.255 e. The zero-order valence-electron chi connectivity index (χ0n) is 23.3. The van der Waals surface area contributed by atoms with E-state index >= 15 is 0 Å². The number of ketones is 2. The van der Waals surface area contributed by atoms with Gasteiger partial charge in [0.25, 0.3) is 5.91 Å². The molecule has 1 aromatic rings. The summed E-state index contributed by atoms with van der Waals surface area (Å²) in [6.07, 6.45) is 0.156. The lowest BCUT2D eigenvalue weighted by Crippen LogP contribution is -2.63. The fourth-order valence-corrected chi connectivity index (χ4v) is 6.16. The van der Waals surface area contributed by atoms with Gasteiger partial charge in [-0.05, 0) is 44.5 Å². The number of nitrogens with two attached hydrogens (primary N) is 1. The number of carbonyl (C=O) groups excluding carboxylic acids is 4. The molecular formula is C27H35N5O8. The third kappa shape index (κ3) is 4.07. The van der Waals surface area contributed by atoms with Crippen LogP contribution in [-0.4, -0.2) is 114 Å². The number of aromatic hydroxyl groups is 1. The number of rotatable bonds is 6. The van der Waals surface area contributed by atoms with Crippen molar-refractivity contribution >= 4 is 34.8 Å². The number of phenolic OH excluding ortho intramolecular Hbond substituents is 1. The Labute approximate surface area is 231 Å². The van der Waals surface area contributed by atoms with Gasteiger partial charge < -0.3 is 41.3 Å². The highest BCUT2D eigenvalue weighted by Gasteiger charge is 2.63. The molecule has 7 N–H and O–H groups in total. The second-order valence-electron chi connectivity index (χ2n) is 11.1. The van der Waals surface area contributed by atoms with Crippen LogP contribution in [0.4, 0.5) is 11.4 Å². The van der Waals surface area contributed by atoms with Crippen LogP contribution in [-0.2, 0) is 20.8 Å². The Morgan fingerprint density at radius 3 is 2.25 bits per heavy atom. The third-order valence-electron chi connectivity index (χ3n) is 8.11. The number of nitrogens with one attached hydrogen (secondary N) is 1. The maximum absolute atomic E-state index is 14.0. The van der Waals surface area contributed by atoms with E-state index in [9.17, 15) is 39.6 Å². The Hall–Kier alpha value is -4.10. The molecule has 4 rings (SSSR count). The lowest BCUT2D eigenvalue weighted by molar-refractivity contribution is -0.148. The molecule has 0 spiro atoms. The molecule has 0 aromatic heterocycles. The van der Waals surface area contributed by atoms with Crippen LogP contribution < -0.4 is 16.0 Å². The fourth-order valence-electron chi connectivity index (χ4n) is 6.16. The maximum atomic E-state index is 14.0. The van der Waals surface area contributed by atoms with Gasteiger partial charge >= 0.3 is 0 Å². The largest absolute Gasteiger partial charge is 0.510 e. The van der Waals surface area contributed by atoms with Crippen LogP contribution in [0.3, 0.4) is 0 Å². The highest BCUT2D eigenvalue weighted by Crippen LogP contribution is 2.53. The summed E-state index contributed by atoms with van der Waals surface area (Å²) in [7, 11) is 9.81. The predicted molar refractivity (Wildman–Crippen MR) is 145 cm³/mol. The first-order chi connectivity index (χ1) is 18.5. The predicted octanol–water partition coefficient (Wildman–Crippen LogP) is -0.313. The zero-order valence-corrected chi connectivity index (χ0v) is 23.3. The molecule has 13 heteroatoms. The van der Waals surface area contributed by atoms with Gasteiger partial charge in [0, 0.05) is 45.4 Å². The first-order valence-electron chi connectivity index (χ1n) is 12.7. The molecule has 0 heterocycles. The number of anilines is 2. The van der Waals surface area contributed by atoms with E-state index in [0.717, 1.165) is 0 Å². The number of hydrogen-bond donors (Lipinski definition) is 6. The average Bonchev–Trinajstić information content (AvgIpc) is 2.84. The molecule has 0 saturated heterocycles. The van der Waals surface area contributed by atoms with Crippen LogP contribution in [0.15, 0.2) is 28.7 Å². The van der Waals surface area contributed by atoms with Crippen LogP contribution in [0.5, 0.6) is 5.75 Å². The standard InChI is InChI=1S/C27H35N5O8/c1-30(2)15-9-14(29-10-16(33)31(3)4)21(34)18-12(15)7-11-8-13-20(32(5)6)23(36)19(26(28)39)25(38)27(13,40)24(37)17(11)22(18)35/h9,11,13,20,29,34,36-37,40H,7-8,10H2,1-6H3,(H2,28,39)/t11-,13-,20-,27-/m0/s1. The van der Waals surface area contributed by atoms with E-state index < -0.39 is 63.8 Å². The van der Waals surface area contributed by atoms with Gasteiger partial charge in [-0.2, -0.15) is 0 Å². The zero-order chi connectivity index (χ0) is 30.0. The van der Waals surface area contributed by atoms with Crippen molar-refractivity contribution in [2.45, 2.75) is 24.5 Å². The summed E-state index contributed by atoms with van der Waals surface area (Å²) in [5.74, 6) is -7.43. The minimum Gasteiger partial charge on any atom is -0.510 e. The molecule has 1 aromatic carbocycles. The average molecular weight is 558 g/mol. The number of fused-ring (bicyclic) bond motifs is 3. The Bertz CT molecular complexity index is 1400. The summed E-state index contributed by atoms with van der Waals surface area (Å²) in [5, 5.41) is 48.1. The lowest BCUT2D eigenvalue weighted by atomic mass is 9.58. The lowest BCUT2D eigenvalue weighted by Gasteiger charge is -2.50. The number of carbonyl (C=O) groups is 4. The van der Waals surface area contributed by atoms with Crippen molar-refractivity contribution in [3.8, 4) is 5.75 Å². The minimum atomic E-state index is -2.71. The molecule has 0 bridgehead atoms. The van der Waals surface area contributed by atoms with Crippen molar-refractivity contribution < 1.29 is 39.6 Å². The summed E-state index contributed by atoms with van der Waals surface area (Å²) < 4.78 is 0. The first kappa shape index (κ1) is 28.9. The molecule has 40 heavy (non-hydrogen) atoms. The number of amides is 2. The van der Waals surface area contributed by atoms with E-state index in [2.05, 4.69) is 5.32 Å². The van der Waals surface area contributed by atoms with Gasteiger partial charge in [0.1, 0.15) is 22.8 Å². The molecule has 216 valence electrons. The Morgan fingerprint density at radius 1 is 1.10 bits per heavy atom. The number of likely N-dealkylation sites (N-methyl/N-ethyl adjacent to an activating group) is 2. The number of aliphatic hydroxyl groups is 3. The minimum absolute atomic E-state index is 0.00324. The number of primary amides is 1. The quantitative estimate of drug-likeness (QED) is 0.198. The second-order valence-corrected chi connectivity index (χ2v) is 11.1. The first-order valence-corrected chi connectivity index (χ1v) is 12.7. The molecule has 2 amide bonds. The monoisotopic (exact) mass is 557 g/mol. The van der Waals surface area contributed by atoms with E-state index in [1.807, 2.05) is 0 Å². The highest BCUT2D eigenvalue weighted by molar-refractivity contribution is 6.25. The second kappa shape index (κ2) is 9.82. The molecule has 0 radical (unpaired) electrons. The summed E-state index contributed by atoms with van der Waals surface area (Å²) in [6.45, 7) is -0.162. The molecule has 3 aliphatic rings. The van der Waals surface area contributed by atoms with Crippen molar-refractivity contribution in [3.05, 3.63) is 39.9 Å². The van der Waals surface area contributed by atoms with Gasteiger partial charge in [0.2, 0.25) is 11.7 Å². The van der Waals surface area contributed by atoms with Gasteiger partial charge in [0.15, 0.2) is 11.4 Å². The van der Waals surface area contributed by atoms with Crippen LogP contribution in [0.1, 0.15) is 22.3 Å². The van der Waals surface area contributed by atoms with Crippen molar-refractivity contribution in [2.24, 2.45) is 17.6 Å². The topological polar surface area (TPSA) is 197 Å². The summed E-state index contributed by atoms with van der Waals surface area (Å²) in [4.78, 5) is 56.3.